The number of carbonyl (C=O) groups is 1. The van der Waals surface area contributed by atoms with Crippen LogP contribution in [0.5, 0.6) is 0 Å². The van der Waals surface area contributed by atoms with Crippen LogP contribution in [0.4, 0.5) is 19.0 Å². The van der Waals surface area contributed by atoms with Crippen LogP contribution >= 0.6 is 0 Å². The van der Waals surface area contributed by atoms with Crippen LogP contribution in [0.3, 0.4) is 0 Å². The van der Waals surface area contributed by atoms with Gasteiger partial charge in [-0.1, -0.05) is 6.07 Å². The van der Waals surface area contributed by atoms with E-state index in [0.717, 1.165) is 43.1 Å². The largest absolute Gasteiger partial charge is 0.434 e. The van der Waals surface area contributed by atoms with E-state index in [0.29, 0.717) is 5.82 Å². The molecule has 2 heterocycles. The van der Waals surface area contributed by atoms with Gasteiger partial charge < -0.3 is 21.4 Å². The number of carbonyl (C=O) groups excluding carboxylic acids is 1. The molecule has 158 valence electrons. The Morgan fingerprint density at radius 2 is 1.93 bits per heavy atom. The summed E-state index contributed by atoms with van der Waals surface area (Å²) >= 11 is 0. The van der Waals surface area contributed by atoms with E-state index in [1.165, 1.54) is 17.5 Å². The molecule has 29 heavy (non-hydrogen) atoms. The van der Waals surface area contributed by atoms with Gasteiger partial charge in [0.25, 0.3) is 5.91 Å². The third-order valence-electron chi connectivity index (χ3n) is 4.97. The van der Waals surface area contributed by atoms with Crippen molar-refractivity contribution in [3.8, 4) is 0 Å². The summed E-state index contributed by atoms with van der Waals surface area (Å²) in [5.74, 6) is 5.79. The molecule has 11 heteroatoms. The van der Waals surface area contributed by atoms with Gasteiger partial charge in [-0.05, 0) is 37.8 Å². The monoisotopic (exact) mass is 411 g/mol. The first-order valence-electron chi connectivity index (χ1n) is 9.22. The van der Waals surface area contributed by atoms with Gasteiger partial charge in [0, 0.05) is 31.5 Å². The number of nitrogens with zero attached hydrogens (tertiary/aromatic N) is 3. The van der Waals surface area contributed by atoms with Crippen LogP contribution in [-0.4, -0.2) is 39.4 Å². The number of hydrogen-bond donors (Lipinski definition) is 4. The van der Waals surface area contributed by atoms with Crippen molar-refractivity contribution in [2.24, 2.45) is 11.6 Å². The summed E-state index contributed by atoms with van der Waals surface area (Å²) in [6, 6.07) is 4.98. The standard InChI is InChI=1S/C18H24F3N7O/c1-27(23)13(9-22)17(29)25-12-7-5-11(6-8-12)24-15-3-2-4-16-26-14(10-28(15)16)18(19,20)21/h2-4,9-12,24H,5-8,22-23H2,1H3,(H,25,29)/b13-9-. The zero-order valence-electron chi connectivity index (χ0n) is 15.9. The molecule has 1 aliphatic carbocycles. The number of aromatic nitrogens is 2. The molecule has 2 aromatic heterocycles. The van der Waals surface area contributed by atoms with Crippen LogP contribution in [0, 0.1) is 0 Å². The van der Waals surface area contributed by atoms with Gasteiger partial charge >= 0.3 is 6.18 Å². The number of nitrogens with two attached hydrogens (primary N) is 2. The number of fused-ring (bicyclic) bond motifs is 1. The molecule has 6 N–H and O–H groups in total. The van der Waals surface area contributed by atoms with Crippen molar-refractivity contribution < 1.29 is 18.0 Å². The summed E-state index contributed by atoms with van der Waals surface area (Å²) in [5.41, 5.74) is 4.92. The number of amides is 1. The van der Waals surface area contributed by atoms with E-state index in [-0.39, 0.29) is 29.3 Å². The van der Waals surface area contributed by atoms with Crippen LogP contribution in [0.1, 0.15) is 31.4 Å². The van der Waals surface area contributed by atoms with Gasteiger partial charge in [-0.25, -0.2) is 10.8 Å². The molecule has 0 atom stereocenters. The Labute approximate surface area is 165 Å². The average Bonchev–Trinajstić information content (AvgIpc) is 3.09. The lowest BCUT2D eigenvalue weighted by atomic mass is 9.91. The first-order valence-corrected chi connectivity index (χ1v) is 9.22. The van der Waals surface area contributed by atoms with Gasteiger partial charge in [0.15, 0.2) is 5.69 Å². The van der Waals surface area contributed by atoms with E-state index in [9.17, 15) is 18.0 Å². The Bertz CT molecular complexity index is 898. The molecule has 0 unspecified atom stereocenters. The highest BCUT2D eigenvalue weighted by Gasteiger charge is 2.34. The van der Waals surface area contributed by atoms with E-state index in [1.54, 1.807) is 12.1 Å². The van der Waals surface area contributed by atoms with Gasteiger partial charge in [0.1, 0.15) is 17.2 Å². The van der Waals surface area contributed by atoms with Gasteiger partial charge in [0.2, 0.25) is 0 Å². The molecule has 0 aliphatic heterocycles. The van der Waals surface area contributed by atoms with Crippen molar-refractivity contribution in [1.29, 1.82) is 0 Å². The molecule has 1 fully saturated rings. The zero-order chi connectivity index (χ0) is 21.2. The van der Waals surface area contributed by atoms with Gasteiger partial charge in [-0.3, -0.25) is 9.20 Å². The van der Waals surface area contributed by atoms with Crippen molar-refractivity contribution in [3.63, 3.8) is 0 Å². The van der Waals surface area contributed by atoms with E-state index in [2.05, 4.69) is 15.6 Å². The smallest absolute Gasteiger partial charge is 0.403 e. The Hall–Kier alpha value is -2.95. The molecule has 8 nitrogen and oxygen atoms in total. The predicted octanol–water partition coefficient (Wildman–Crippen LogP) is 1.80. The molecule has 0 saturated heterocycles. The SMILES string of the molecule is CN(N)/C(=C\N)C(=O)NC1CCC(Nc2cccc3nc(C(F)(F)F)cn23)CC1. The molecule has 1 amide bonds. The van der Waals surface area contributed by atoms with Crippen LogP contribution < -0.4 is 22.2 Å². The second-order valence-electron chi connectivity index (χ2n) is 7.09. The third-order valence-corrected chi connectivity index (χ3v) is 4.97. The number of rotatable bonds is 5. The predicted molar refractivity (Wildman–Crippen MR) is 102 cm³/mol. The fourth-order valence-corrected chi connectivity index (χ4v) is 3.47. The minimum Gasteiger partial charge on any atom is -0.403 e. The molecule has 0 spiro atoms. The molecule has 0 bridgehead atoms. The van der Waals surface area contributed by atoms with Gasteiger partial charge in [-0.2, -0.15) is 13.2 Å². The topological polar surface area (TPSA) is 114 Å². The summed E-state index contributed by atoms with van der Waals surface area (Å²) in [5, 5.41) is 7.36. The van der Waals surface area contributed by atoms with Gasteiger partial charge in [0.05, 0.1) is 0 Å². The maximum atomic E-state index is 12.9. The Morgan fingerprint density at radius 1 is 1.28 bits per heavy atom. The molecular formula is C18H24F3N7O. The lowest BCUT2D eigenvalue weighted by Crippen LogP contribution is -2.44. The Kier molecular flexibility index (Phi) is 5.87. The number of imidazole rings is 1. The highest BCUT2D eigenvalue weighted by atomic mass is 19.4. The first-order chi connectivity index (χ1) is 13.7. The maximum Gasteiger partial charge on any atom is 0.434 e. The van der Waals surface area contributed by atoms with Crippen LogP contribution in [0.2, 0.25) is 0 Å². The molecular weight excluding hydrogens is 387 g/mol. The maximum absolute atomic E-state index is 12.9. The van der Waals surface area contributed by atoms with E-state index < -0.39 is 11.9 Å². The fourth-order valence-electron chi connectivity index (χ4n) is 3.47. The average molecular weight is 411 g/mol. The second-order valence-corrected chi connectivity index (χ2v) is 7.09. The van der Waals surface area contributed by atoms with E-state index >= 15 is 0 Å². The van der Waals surface area contributed by atoms with Crippen molar-refractivity contribution in [2.75, 3.05) is 12.4 Å². The normalized spacial score (nSPS) is 20.5. The van der Waals surface area contributed by atoms with Crippen molar-refractivity contribution >= 4 is 17.4 Å². The zero-order valence-corrected chi connectivity index (χ0v) is 15.9. The van der Waals surface area contributed by atoms with E-state index in [1.807, 2.05) is 0 Å². The number of halogens is 3. The van der Waals surface area contributed by atoms with E-state index in [4.69, 9.17) is 11.6 Å². The molecule has 1 saturated carbocycles. The highest BCUT2D eigenvalue weighted by molar-refractivity contribution is 5.92. The number of nitrogens with one attached hydrogen (secondary N) is 2. The molecule has 1 aliphatic rings. The minimum atomic E-state index is -4.49. The van der Waals surface area contributed by atoms with Gasteiger partial charge in [-0.15, -0.1) is 0 Å². The summed E-state index contributed by atoms with van der Waals surface area (Å²) in [6.45, 7) is 0. The number of likely N-dealkylation sites (N-methyl/N-ethyl adjacent to an activating group) is 1. The van der Waals surface area contributed by atoms with Crippen LogP contribution in [-0.2, 0) is 11.0 Å². The number of pyridine rings is 1. The van der Waals surface area contributed by atoms with Crippen molar-refractivity contribution in [1.82, 2.24) is 19.7 Å². The number of anilines is 1. The number of hydrogen-bond acceptors (Lipinski definition) is 6. The van der Waals surface area contributed by atoms with Crippen LogP contribution in [0.15, 0.2) is 36.3 Å². The highest BCUT2D eigenvalue weighted by Crippen LogP contribution is 2.30. The lowest BCUT2D eigenvalue weighted by molar-refractivity contribution is -0.140. The number of alkyl halides is 3. The summed E-state index contributed by atoms with van der Waals surface area (Å²) < 4.78 is 40.2. The molecule has 0 aromatic carbocycles. The van der Waals surface area contributed by atoms with Crippen molar-refractivity contribution in [2.45, 2.75) is 43.9 Å². The summed E-state index contributed by atoms with van der Waals surface area (Å²) in [4.78, 5) is 15.8. The molecule has 0 radical (unpaired) electrons. The molecule has 2 aromatic rings. The first kappa shape index (κ1) is 20.8. The second kappa shape index (κ2) is 8.19. The fraction of sp³-hybridized carbons (Fsp3) is 0.444. The summed E-state index contributed by atoms with van der Waals surface area (Å²) in [6.07, 6.45) is 0.613. The summed E-state index contributed by atoms with van der Waals surface area (Å²) in [7, 11) is 1.53. The third kappa shape index (κ3) is 4.73. The van der Waals surface area contributed by atoms with Crippen molar-refractivity contribution in [3.05, 3.63) is 42.0 Å². The Balaban J connectivity index is 1.61. The lowest BCUT2D eigenvalue weighted by Gasteiger charge is -2.31. The van der Waals surface area contributed by atoms with Crippen LogP contribution in [0.25, 0.3) is 5.65 Å². The number of hydrazine groups is 1. The minimum absolute atomic E-state index is 0.0173. The quantitative estimate of drug-likeness (QED) is 0.339. The Morgan fingerprint density at radius 3 is 2.52 bits per heavy atom. The molecule has 3 rings (SSSR count).